The van der Waals surface area contributed by atoms with Crippen LogP contribution < -0.4 is 5.32 Å². The standard InChI is InChI=1S/C15H22F3N/c1-11(10-19-14(2,3)4)9-12-5-7-13(8-6-12)15(16,17)18/h5-8,11,19H,9-10H2,1-4H3. The van der Waals surface area contributed by atoms with Gasteiger partial charge in [-0.15, -0.1) is 0 Å². The second kappa shape index (κ2) is 5.95. The van der Waals surface area contributed by atoms with Crippen LogP contribution in [0.4, 0.5) is 13.2 Å². The van der Waals surface area contributed by atoms with Gasteiger partial charge < -0.3 is 5.32 Å². The summed E-state index contributed by atoms with van der Waals surface area (Å²) >= 11 is 0. The van der Waals surface area contributed by atoms with E-state index in [1.54, 1.807) is 12.1 Å². The van der Waals surface area contributed by atoms with E-state index in [1.165, 1.54) is 0 Å². The summed E-state index contributed by atoms with van der Waals surface area (Å²) in [6, 6.07) is 5.44. The van der Waals surface area contributed by atoms with Crippen molar-refractivity contribution in [2.24, 2.45) is 5.92 Å². The molecule has 0 spiro atoms. The van der Waals surface area contributed by atoms with Crippen LogP contribution in [0.2, 0.25) is 0 Å². The maximum atomic E-state index is 12.4. The van der Waals surface area contributed by atoms with Crippen LogP contribution in [0, 0.1) is 5.92 Å². The summed E-state index contributed by atoms with van der Waals surface area (Å²) in [4.78, 5) is 0. The number of halogens is 3. The SMILES string of the molecule is CC(CNC(C)(C)C)Cc1ccc(C(F)(F)F)cc1. The molecular weight excluding hydrogens is 251 g/mol. The number of benzene rings is 1. The molecule has 0 amide bonds. The first-order valence-corrected chi connectivity index (χ1v) is 6.49. The van der Waals surface area contributed by atoms with Crippen molar-refractivity contribution in [3.63, 3.8) is 0 Å². The lowest BCUT2D eigenvalue weighted by atomic mass is 9.98. The molecule has 0 saturated carbocycles. The minimum atomic E-state index is -4.25. The van der Waals surface area contributed by atoms with Gasteiger partial charge in [-0.3, -0.25) is 0 Å². The fraction of sp³-hybridized carbons (Fsp3) is 0.600. The molecule has 0 heterocycles. The number of hydrogen-bond acceptors (Lipinski definition) is 1. The highest BCUT2D eigenvalue weighted by atomic mass is 19.4. The van der Waals surface area contributed by atoms with Gasteiger partial charge in [-0.2, -0.15) is 13.2 Å². The zero-order chi connectivity index (χ0) is 14.7. The van der Waals surface area contributed by atoms with Gasteiger partial charge in [0.05, 0.1) is 5.56 Å². The molecule has 1 aromatic rings. The van der Waals surface area contributed by atoms with Crippen LogP contribution >= 0.6 is 0 Å². The Kier molecular flexibility index (Phi) is 5.02. The molecule has 0 aliphatic carbocycles. The Morgan fingerprint density at radius 1 is 1.05 bits per heavy atom. The monoisotopic (exact) mass is 273 g/mol. The molecule has 108 valence electrons. The summed E-state index contributed by atoms with van der Waals surface area (Å²) in [5.41, 5.74) is 0.418. The lowest BCUT2D eigenvalue weighted by Gasteiger charge is -2.23. The molecule has 1 unspecified atom stereocenters. The van der Waals surface area contributed by atoms with E-state index in [9.17, 15) is 13.2 Å². The fourth-order valence-corrected chi connectivity index (χ4v) is 1.78. The van der Waals surface area contributed by atoms with Crippen LogP contribution in [-0.2, 0) is 12.6 Å². The zero-order valence-corrected chi connectivity index (χ0v) is 11.9. The lowest BCUT2D eigenvalue weighted by molar-refractivity contribution is -0.137. The third-order valence-electron chi connectivity index (χ3n) is 2.85. The first-order valence-electron chi connectivity index (χ1n) is 6.49. The second-order valence-corrected chi connectivity index (χ2v) is 6.13. The largest absolute Gasteiger partial charge is 0.416 e. The molecule has 0 aliphatic heterocycles. The minimum absolute atomic E-state index is 0.0639. The zero-order valence-electron chi connectivity index (χ0n) is 11.9. The van der Waals surface area contributed by atoms with Crippen molar-refractivity contribution >= 4 is 0 Å². The normalized spacial score (nSPS) is 14.5. The summed E-state index contributed by atoms with van der Waals surface area (Å²) in [5, 5.41) is 3.40. The van der Waals surface area contributed by atoms with Gasteiger partial charge in [0.15, 0.2) is 0 Å². The van der Waals surface area contributed by atoms with Crippen molar-refractivity contribution in [2.45, 2.75) is 45.8 Å². The van der Waals surface area contributed by atoms with Crippen molar-refractivity contribution in [3.05, 3.63) is 35.4 Å². The van der Waals surface area contributed by atoms with Crippen molar-refractivity contribution in [2.75, 3.05) is 6.54 Å². The molecule has 0 bridgehead atoms. The van der Waals surface area contributed by atoms with E-state index in [2.05, 4.69) is 33.0 Å². The van der Waals surface area contributed by atoms with Crippen molar-refractivity contribution < 1.29 is 13.2 Å². The highest BCUT2D eigenvalue weighted by Gasteiger charge is 2.29. The third kappa shape index (κ3) is 6.10. The van der Waals surface area contributed by atoms with Crippen LogP contribution in [0.1, 0.15) is 38.8 Å². The molecule has 0 aromatic heterocycles. The molecule has 1 N–H and O–H groups in total. The van der Waals surface area contributed by atoms with Gasteiger partial charge in [0, 0.05) is 5.54 Å². The van der Waals surface area contributed by atoms with Gasteiger partial charge in [0.25, 0.3) is 0 Å². The average Bonchev–Trinajstić information content (AvgIpc) is 2.25. The van der Waals surface area contributed by atoms with Gasteiger partial charge in [-0.05, 0) is 57.4 Å². The van der Waals surface area contributed by atoms with E-state index < -0.39 is 11.7 Å². The van der Waals surface area contributed by atoms with E-state index in [4.69, 9.17) is 0 Å². The molecule has 19 heavy (non-hydrogen) atoms. The molecule has 1 aromatic carbocycles. The number of hydrogen-bond donors (Lipinski definition) is 1. The number of alkyl halides is 3. The van der Waals surface area contributed by atoms with E-state index in [0.717, 1.165) is 30.7 Å². The maximum absolute atomic E-state index is 12.4. The summed E-state index contributed by atoms with van der Waals surface area (Å²) in [6.45, 7) is 9.23. The second-order valence-electron chi connectivity index (χ2n) is 6.13. The van der Waals surface area contributed by atoms with Gasteiger partial charge in [-0.1, -0.05) is 19.1 Å². The minimum Gasteiger partial charge on any atom is -0.312 e. The van der Waals surface area contributed by atoms with Crippen molar-refractivity contribution in [1.82, 2.24) is 5.32 Å². The molecule has 0 aliphatic rings. The summed E-state index contributed by atoms with van der Waals surface area (Å²) in [7, 11) is 0. The van der Waals surface area contributed by atoms with E-state index >= 15 is 0 Å². The molecular formula is C15H22F3N. The third-order valence-corrected chi connectivity index (χ3v) is 2.85. The molecule has 1 rings (SSSR count). The first kappa shape index (κ1) is 16.0. The lowest BCUT2D eigenvalue weighted by Crippen LogP contribution is -2.39. The predicted octanol–water partition coefficient (Wildman–Crippen LogP) is 4.27. The van der Waals surface area contributed by atoms with E-state index in [0.29, 0.717) is 5.92 Å². The molecule has 0 radical (unpaired) electrons. The van der Waals surface area contributed by atoms with E-state index in [1.807, 2.05) is 0 Å². The molecule has 4 heteroatoms. The molecule has 0 fully saturated rings. The van der Waals surface area contributed by atoms with Crippen molar-refractivity contribution in [1.29, 1.82) is 0 Å². The molecule has 0 saturated heterocycles. The number of rotatable bonds is 4. The Morgan fingerprint density at radius 3 is 2.00 bits per heavy atom. The summed E-state index contributed by atoms with van der Waals surface area (Å²) in [5.74, 6) is 0.385. The average molecular weight is 273 g/mol. The quantitative estimate of drug-likeness (QED) is 0.863. The number of nitrogens with one attached hydrogen (secondary N) is 1. The summed E-state index contributed by atoms with van der Waals surface area (Å²) < 4.78 is 37.3. The molecule has 1 nitrogen and oxygen atoms in total. The maximum Gasteiger partial charge on any atom is 0.416 e. The Hall–Kier alpha value is -1.03. The highest BCUT2D eigenvalue weighted by Crippen LogP contribution is 2.29. The Balaban J connectivity index is 2.54. The van der Waals surface area contributed by atoms with Gasteiger partial charge in [0.1, 0.15) is 0 Å². The van der Waals surface area contributed by atoms with Gasteiger partial charge >= 0.3 is 6.18 Å². The smallest absolute Gasteiger partial charge is 0.312 e. The highest BCUT2D eigenvalue weighted by molar-refractivity contribution is 5.24. The van der Waals surface area contributed by atoms with Crippen LogP contribution in [0.3, 0.4) is 0 Å². The Labute approximate surface area is 113 Å². The van der Waals surface area contributed by atoms with Crippen LogP contribution in [-0.4, -0.2) is 12.1 Å². The predicted molar refractivity (Wildman–Crippen MR) is 72.1 cm³/mol. The topological polar surface area (TPSA) is 12.0 Å². The van der Waals surface area contributed by atoms with Crippen molar-refractivity contribution in [3.8, 4) is 0 Å². The van der Waals surface area contributed by atoms with Gasteiger partial charge in [-0.25, -0.2) is 0 Å². The fourth-order valence-electron chi connectivity index (χ4n) is 1.78. The van der Waals surface area contributed by atoms with Gasteiger partial charge in [0.2, 0.25) is 0 Å². The van der Waals surface area contributed by atoms with Crippen LogP contribution in [0.5, 0.6) is 0 Å². The first-order chi connectivity index (χ1) is 8.58. The molecule has 1 atom stereocenters. The Bertz CT molecular complexity index is 387. The van der Waals surface area contributed by atoms with E-state index in [-0.39, 0.29) is 5.54 Å². The summed E-state index contributed by atoms with van der Waals surface area (Å²) in [6.07, 6.45) is -3.47. The Morgan fingerprint density at radius 2 is 1.58 bits per heavy atom. The van der Waals surface area contributed by atoms with Crippen LogP contribution in [0.25, 0.3) is 0 Å². The van der Waals surface area contributed by atoms with Crippen LogP contribution in [0.15, 0.2) is 24.3 Å².